The molecule has 19 heavy (non-hydrogen) atoms. The third-order valence-corrected chi connectivity index (χ3v) is 4.91. The highest BCUT2D eigenvalue weighted by Crippen LogP contribution is 2.29. The van der Waals surface area contributed by atoms with Gasteiger partial charge >= 0.3 is 0 Å². The van der Waals surface area contributed by atoms with E-state index < -0.39 is 0 Å². The molecule has 2 aromatic heterocycles. The molecule has 2 N–H and O–H groups in total. The van der Waals surface area contributed by atoms with Crippen molar-refractivity contribution in [3.05, 3.63) is 50.9 Å². The Bertz CT molecular complexity index is 500. The first-order valence-electron chi connectivity index (χ1n) is 6.25. The van der Waals surface area contributed by atoms with Gasteiger partial charge in [-0.3, -0.25) is 9.88 Å². The molecule has 5 heteroatoms. The maximum Gasteiger partial charge on any atom is 0.0702 e. The van der Waals surface area contributed by atoms with E-state index in [0.717, 1.165) is 16.8 Å². The molecule has 0 radical (unpaired) electrons. The second kappa shape index (κ2) is 7.14. The highest BCUT2D eigenvalue weighted by Gasteiger charge is 2.16. The second-order valence-electron chi connectivity index (χ2n) is 4.48. The predicted octanol–water partition coefficient (Wildman–Crippen LogP) is 3.08. The van der Waals surface area contributed by atoms with Gasteiger partial charge in [0.25, 0.3) is 0 Å². The molecule has 2 rings (SSSR count). The fourth-order valence-corrected chi connectivity index (χ4v) is 3.63. The molecule has 0 aliphatic carbocycles. The van der Waals surface area contributed by atoms with Gasteiger partial charge in [0.1, 0.15) is 0 Å². The van der Waals surface area contributed by atoms with Crippen LogP contribution in [0.25, 0.3) is 0 Å². The molecular weight excluding hydrogens is 322 g/mol. The van der Waals surface area contributed by atoms with Crippen LogP contribution in [0.4, 0.5) is 0 Å². The Kier molecular flexibility index (Phi) is 5.51. The molecular formula is C14H18BrN3S. The van der Waals surface area contributed by atoms with Crippen molar-refractivity contribution >= 4 is 27.3 Å². The topological polar surface area (TPSA) is 42.2 Å². The zero-order chi connectivity index (χ0) is 13.7. The normalized spacial score (nSPS) is 12.8. The molecule has 2 aromatic rings. The number of aromatic nitrogens is 1. The number of nitrogens with two attached hydrogens (primary N) is 1. The van der Waals surface area contributed by atoms with Crippen LogP contribution < -0.4 is 5.73 Å². The summed E-state index contributed by atoms with van der Waals surface area (Å²) < 4.78 is 1.16. The van der Waals surface area contributed by atoms with Crippen LogP contribution >= 0.6 is 27.3 Å². The van der Waals surface area contributed by atoms with Gasteiger partial charge in [-0.15, -0.1) is 11.3 Å². The van der Waals surface area contributed by atoms with E-state index in [-0.39, 0.29) is 6.04 Å². The number of nitrogens with zero attached hydrogens (tertiary/aromatic N) is 2. The number of likely N-dealkylation sites (N-methyl/N-ethyl adjacent to an activating group) is 1. The first-order chi connectivity index (χ1) is 9.20. The van der Waals surface area contributed by atoms with Crippen LogP contribution in [-0.4, -0.2) is 30.0 Å². The molecule has 0 amide bonds. The third-order valence-electron chi connectivity index (χ3n) is 3.18. The van der Waals surface area contributed by atoms with E-state index in [4.69, 9.17) is 5.73 Å². The quantitative estimate of drug-likeness (QED) is 0.879. The first-order valence-corrected chi connectivity index (χ1v) is 7.86. The minimum atomic E-state index is 0.290. The maximum absolute atomic E-state index is 5.92. The Morgan fingerprint density at radius 3 is 2.63 bits per heavy atom. The number of rotatable bonds is 6. The van der Waals surface area contributed by atoms with Crippen molar-refractivity contribution in [3.8, 4) is 0 Å². The number of hydrogen-bond donors (Lipinski definition) is 1. The summed E-state index contributed by atoms with van der Waals surface area (Å²) in [5.74, 6) is 0. The SMILES string of the molecule is CN(CCc1ccncc1)C(CN)c1ccc(Br)s1. The maximum atomic E-state index is 5.92. The number of hydrogen-bond acceptors (Lipinski definition) is 4. The lowest BCUT2D eigenvalue weighted by Gasteiger charge is -2.26. The van der Waals surface area contributed by atoms with Crippen LogP contribution in [0.1, 0.15) is 16.5 Å². The van der Waals surface area contributed by atoms with E-state index in [0.29, 0.717) is 6.54 Å². The summed E-state index contributed by atoms with van der Waals surface area (Å²) in [5.41, 5.74) is 7.23. The monoisotopic (exact) mass is 339 g/mol. The smallest absolute Gasteiger partial charge is 0.0702 e. The van der Waals surface area contributed by atoms with Crippen molar-refractivity contribution in [1.29, 1.82) is 0 Å². The Balaban J connectivity index is 1.96. The summed E-state index contributed by atoms with van der Waals surface area (Å²) in [6.07, 6.45) is 4.69. The predicted molar refractivity (Wildman–Crippen MR) is 84.4 cm³/mol. The summed E-state index contributed by atoms with van der Waals surface area (Å²) in [4.78, 5) is 7.67. The molecule has 0 fully saturated rings. The summed E-state index contributed by atoms with van der Waals surface area (Å²) in [6, 6.07) is 8.65. The van der Waals surface area contributed by atoms with E-state index in [1.165, 1.54) is 10.4 Å². The summed E-state index contributed by atoms with van der Waals surface area (Å²) in [7, 11) is 2.13. The fraction of sp³-hybridized carbons (Fsp3) is 0.357. The molecule has 102 valence electrons. The average molecular weight is 340 g/mol. The molecule has 1 atom stereocenters. The van der Waals surface area contributed by atoms with Crippen LogP contribution in [0, 0.1) is 0 Å². The van der Waals surface area contributed by atoms with E-state index in [9.17, 15) is 0 Å². The molecule has 0 bridgehead atoms. The number of halogens is 1. The van der Waals surface area contributed by atoms with Gasteiger partial charge < -0.3 is 5.73 Å². The minimum absolute atomic E-state index is 0.290. The van der Waals surface area contributed by atoms with Gasteiger partial charge in [0.2, 0.25) is 0 Å². The highest BCUT2D eigenvalue weighted by atomic mass is 79.9. The first kappa shape index (κ1) is 14.7. The lowest BCUT2D eigenvalue weighted by Crippen LogP contribution is -2.31. The second-order valence-corrected chi connectivity index (χ2v) is 6.97. The number of thiophene rings is 1. The van der Waals surface area contributed by atoms with Crippen molar-refractivity contribution in [2.45, 2.75) is 12.5 Å². The van der Waals surface area contributed by atoms with Crippen molar-refractivity contribution in [2.24, 2.45) is 5.73 Å². The minimum Gasteiger partial charge on any atom is -0.329 e. The highest BCUT2D eigenvalue weighted by molar-refractivity contribution is 9.11. The Labute approximate surface area is 126 Å². The molecule has 3 nitrogen and oxygen atoms in total. The lowest BCUT2D eigenvalue weighted by molar-refractivity contribution is 0.256. The van der Waals surface area contributed by atoms with Gasteiger partial charge in [0.15, 0.2) is 0 Å². The Hall–Kier alpha value is -0.750. The molecule has 0 saturated heterocycles. The van der Waals surface area contributed by atoms with Gasteiger partial charge in [0, 0.05) is 30.4 Å². The van der Waals surface area contributed by atoms with Crippen molar-refractivity contribution < 1.29 is 0 Å². The third kappa shape index (κ3) is 4.11. The standard InChI is InChI=1S/C14H18BrN3S/c1-18(9-6-11-4-7-17-8-5-11)12(10-16)13-2-3-14(15)19-13/h2-5,7-8,12H,6,9-10,16H2,1H3. The number of pyridine rings is 1. The summed E-state index contributed by atoms with van der Waals surface area (Å²) >= 11 is 5.26. The Morgan fingerprint density at radius 2 is 2.05 bits per heavy atom. The molecule has 0 spiro atoms. The van der Waals surface area contributed by atoms with E-state index in [2.05, 4.69) is 57.1 Å². The van der Waals surface area contributed by atoms with Gasteiger partial charge in [0.05, 0.1) is 9.83 Å². The van der Waals surface area contributed by atoms with Gasteiger partial charge in [-0.05, 0) is 59.2 Å². The lowest BCUT2D eigenvalue weighted by atomic mass is 10.1. The molecule has 1 unspecified atom stereocenters. The van der Waals surface area contributed by atoms with Crippen LogP contribution in [0.2, 0.25) is 0 Å². The van der Waals surface area contributed by atoms with Gasteiger partial charge in [-0.25, -0.2) is 0 Å². The van der Waals surface area contributed by atoms with Crippen molar-refractivity contribution in [3.63, 3.8) is 0 Å². The van der Waals surface area contributed by atoms with E-state index >= 15 is 0 Å². The van der Waals surface area contributed by atoms with Crippen LogP contribution in [-0.2, 0) is 6.42 Å². The van der Waals surface area contributed by atoms with E-state index in [1.807, 2.05) is 12.4 Å². The molecule has 0 aliphatic heterocycles. The largest absolute Gasteiger partial charge is 0.329 e. The molecule has 2 heterocycles. The van der Waals surface area contributed by atoms with Crippen LogP contribution in [0.5, 0.6) is 0 Å². The molecule has 0 saturated carbocycles. The average Bonchev–Trinajstić information content (AvgIpc) is 2.85. The molecule has 0 aromatic carbocycles. The van der Waals surface area contributed by atoms with E-state index in [1.54, 1.807) is 11.3 Å². The van der Waals surface area contributed by atoms with Gasteiger partial charge in [-0.2, -0.15) is 0 Å². The Morgan fingerprint density at radius 1 is 1.32 bits per heavy atom. The fourth-order valence-electron chi connectivity index (χ4n) is 2.03. The van der Waals surface area contributed by atoms with Crippen molar-refractivity contribution in [2.75, 3.05) is 20.1 Å². The zero-order valence-corrected chi connectivity index (χ0v) is 13.3. The van der Waals surface area contributed by atoms with Crippen molar-refractivity contribution in [1.82, 2.24) is 9.88 Å². The van der Waals surface area contributed by atoms with Crippen LogP contribution in [0.3, 0.4) is 0 Å². The molecule has 0 aliphatic rings. The zero-order valence-electron chi connectivity index (χ0n) is 10.9. The van der Waals surface area contributed by atoms with Gasteiger partial charge in [-0.1, -0.05) is 0 Å². The summed E-state index contributed by atoms with van der Waals surface area (Å²) in [6.45, 7) is 1.63. The van der Waals surface area contributed by atoms with Crippen LogP contribution in [0.15, 0.2) is 40.4 Å². The summed E-state index contributed by atoms with van der Waals surface area (Å²) in [5, 5.41) is 0.